The highest BCUT2D eigenvalue weighted by molar-refractivity contribution is 6.33. The van der Waals surface area contributed by atoms with Crippen LogP contribution < -0.4 is 4.90 Å². The number of imide groups is 1. The maximum atomic E-state index is 14.2. The highest BCUT2D eigenvalue weighted by atomic mass is 35.5. The molecule has 0 bridgehead atoms. The number of carbonyl (C=O) groups is 3. The summed E-state index contributed by atoms with van der Waals surface area (Å²) in [4.78, 5) is 47.0. The van der Waals surface area contributed by atoms with E-state index in [2.05, 4.69) is 9.80 Å². The monoisotopic (exact) mass is 612 g/mol. The topological polar surface area (TPSA) is 93.6 Å². The lowest BCUT2D eigenvalue weighted by Gasteiger charge is -2.39. The Balaban J connectivity index is 0.00000405. The van der Waals surface area contributed by atoms with Crippen LogP contribution in [0.15, 0.2) is 84.9 Å². The van der Waals surface area contributed by atoms with Crippen molar-refractivity contribution in [2.24, 2.45) is 0 Å². The number of urea groups is 1. The van der Waals surface area contributed by atoms with Gasteiger partial charge in [-0.25, -0.2) is 4.79 Å². The first-order valence-corrected chi connectivity index (χ1v) is 14.0. The number of hydrogen-bond acceptors (Lipinski definition) is 7. The average molecular weight is 614 g/mol. The Morgan fingerprint density at radius 3 is 1.98 bits per heavy atom. The van der Waals surface area contributed by atoms with Gasteiger partial charge in [0, 0.05) is 32.7 Å². The van der Waals surface area contributed by atoms with Gasteiger partial charge < -0.3 is 14.7 Å². The van der Waals surface area contributed by atoms with E-state index in [-0.39, 0.29) is 19.0 Å². The summed E-state index contributed by atoms with van der Waals surface area (Å²) in [5.41, 5.74) is 0.559. The molecule has 2 heterocycles. The molecule has 3 amide bonds. The summed E-state index contributed by atoms with van der Waals surface area (Å²) >= 11 is 6.39. The number of benzene rings is 3. The summed E-state index contributed by atoms with van der Waals surface area (Å²) in [5, 5.41) is 12.0. The molecule has 5 rings (SSSR count). The first-order chi connectivity index (χ1) is 19.9. The second-order valence-electron chi connectivity index (χ2n) is 10.2. The molecule has 2 aliphatic rings. The third kappa shape index (κ3) is 5.96. The number of anilines is 1. The molecule has 0 aromatic heterocycles. The van der Waals surface area contributed by atoms with Crippen LogP contribution in [0.4, 0.5) is 10.5 Å². The quantitative estimate of drug-likeness (QED) is 0.291. The molecule has 1 atom stereocenters. The number of para-hydroxylation sites is 1. The zero-order valence-electron chi connectivity index (χ0n) is 23.3. The molecule has 3 aromatic rings. The third-order valence-corrected chi connectivity index (χ3v) is 8.07. The number of rotatable bonds is 9. The average Bonchev–Trinajstić information content (AvgIpc) is 3.20. The number of aliphatic hydroxyl groups is 1. The predicted octanol–water partition coefficient (Wildman–Crippen LogP) is 3.63. The van der Waals surface area contributed by atoms with E-state index in [1.807, 2.05) is 36.4 Å². The Bertz CT molecular complexity index is 1350. The molecule has 3 aromatic carbocycles. The summed E-state index contributed by atoms with van der Waals surface area (Å²) in [6.07, 6.45) is -0.955. The lowest BCUT2D eigenvalue weighted by Crippen LogP contribution is -2.53. The van der Waals surface area contributed by atoms with Gasteiger partial charge in [-0.3, -0.25) is 24.3 Å². The number of methoxy groups -OCH3 is 1. The SMILES string of the molecule is COC(=O)CN1C(=O)N(CC(O)CN2CCN(c3ccccc3Cl)CC2)C(c2ccccc2)(c2ccccc2)C1=O.Cl. The van der Waals surface area contributed by atoms with Crippen LogP contribution >= 0.6 is 24.0 Å². The standard InChI is InChI=1S/C31H33ClN4O5.ClH/c1-41-28(38)22-35-29(39)31(23-10-4-2-5-11-23,24-12-6-3-7-13-24)36(30(35)40)21-25(37)20-33-16-18-34(19-17-33)27-15-9-8-14-26(27)32;/h2-15,25,37H,16-22H2,1H3;1H. The van der Waals surface area contributed by atoms with Crippen molar-refractivity contribution in [1.29, 1.82) is 0 Å². The fourth-order valence-corrected chi connectivity index (χ4v) is 6.02. The van der Waals surface area contributed by atoms with Gasteiger partial charge in [0.1, 0.15) is 6.54 Å². The Kier molecular flexibility index (Phi) is 10.1. The fraction of sp³-hybridized carbons (Fsp3) is 0.323. The molecule has 11 heteroatoms. The minimum Gasteiger partial charge on any atom is -0.468 e. The third-order valence-electron chi connectivity index (χ3n) is 7.75. The van der Waals surface area contributed by atoms with Crippen molar-refractivity contribution >= 4 is 47.6 Å². The number of esters is 1. The Morgan fingerprint density at radius 1 is 0.881 bits per heavy atom. The Hall–Kier alpha value is -3.63. The van der Waals surface area contributed by atoms with Crippen molar-refractivity contribution < 1.29 is 24.2 Å². The van der Waals surface area contributed by atoms with Crippen molar-refractivity contribution in [1.82, 2.24) is 14.7 Å². The van der Waals surface area contributed by atoms with Crippen molar-refractivity contribution in [3.63, 3.8) is 0 Å². The van der Waals surface area contributed by atoms with Gasteiger partial charge >= 0.3 is 12.0 Å². The maximum absolute atomic E-state index is 14.2. The Labute approximate surface area is 256 Å². The van der Waals surface area contributed by atoms with Gasteiger partial charge in [0.15, 0.2) is 5.54 Å². The van der Waals surface area contributed by atoms with E-state index in [1.165, 1.54) is 12.0 Å². The number of ether oxygens (including phenoxy) is 1. The van der Waals surface area contributed by atoms with Crippen LogP contribution in [0.2, 0.25) is 5.02 Å². The first kappa shape index (κ1) is 31.3. The van der Waals surface area contributed by atoms with Crippen LogP contribution in [0.3, 0.4) is 0 Å². The van der Waals surface area contributed by atoms with Crippen LogP contribution in [0.5, 0.6) is 0 Å². The minimum absolute atomic E-state index is 0. The summed E-state index contributed by atoms with van der Waals surface area (Å²) in [6, 6.07) is 25.1. The van der Waals surface area contributed by atoms with E-state index in [0.29, 0.717) is 35.8 Å². The molecule has 42 heavy (non-hydrogen) atoms. The number of amides is 3. The fourth-order valence-electron chi connectivity index (χ4n) is 5.76. The van der Waals surface area contributed by atoms with E-state index >= 15 is 0 Å². The number of halogens is 2. The number of carbonyl (C=O) groups excluding carboxylic acids is 3. The molecule has 2 aliphatic heterocycles. The summed E-state index contributed by atoms with van der Waals surface area (Å²) in [6.45, 7) is 2.55. The smallest absolute Gasteiger partial charge is 0.328 e. The molecule has 0 aliphatic carbocycles. The van der Waals surface area contributed by atoms with E-state index in [4.69, 9.17) is 16.3 Å². The van der Waals surface area contributed by atoms with E-state index in [1.54, 1.807) is 48.5 Å². The van der Waals surface area contributed by atoms with Crippen LogP contribution in [-0.4, -0.2) is 96.7 Å². The molecule has 2 fully saturated rings. The Morgan fingerprint density at radius 2 is 1.43 bits per heavy atom. The first-order valence-electron chi connectivity index (χ1n) is 13.6. The van der Waals surface area contributed by atoms with Gasteiger partial charge in [0.05, 0.1) is 30.5 Å². The van der Waals surface area contributed by atoms with Gasteiger partial charge in [0.25, 0.3) is 5.91 Å². The van der Waals surface area contributed by atoms with Crippen LogP contribution in [0, 0.1) is 0 Å². The van der Waals surface area contributed by atoms with Crippen molar-refractivity contribution in [2.45, 2.75) is 11.6 Å². The van der Waals surface area contributed by atoms with Crippen molar-refractivity contribution in [2.75, 3.05) is 57.8 Å². The highest BCUT2D eigenvalue weighted by Gasteiger charge is 2.60. The molecule has 0 saturated carbocycles. The number of aliphatic hydroxyl groups excluding tert-OH is 1. The molecule has 1 unspecified atom stereocenters. The van der Waals surface area contributed by atoms with Crippen LogP contribution in [0.25, 0.3) is 0 Å². The second-order valence-corrected chi connectivity index (χ2v) is 10.6. The van der Waals surface area contributed by atoms with Gasteiger partial charge in [-0.05, 0) is 23.3 Å². The largest absolute Gasteiger partial charge is 0.468 e. The zero-order chi connectivity index (χ0) is 29.0. The van der Waals surface area contributed by atoms with Crippen molar-refractivity contribution in [3.8, 4) is 0 Å². The van der Waals surface area contributed by atoms with E-state index in [9.17, 15) is 19.5 Å². The number of β-amino-alcohol motifs (C(OH)–C–C–N with tert-alkyl or cyclic N) is 1. The predicted molar refractivity (Wildman–Crippen MR) is 163 cm³/mol. The summed E-state index contributed by atoms with van der Waals surface area (Å²) < 4.78 is 4.78. The van der Waals surface area contributed by atoms with Crippen LogP contribution in [-0.2, 0) is 19.9 Å². The molecule has 0 spiro atoms. The molecule has 222 valence electrons. The number of piperazine rings is 1. The van der Waals surface area contributed by atoms with E-state index < -0.39 is 36.1 Å². The van der Waals surface area contributed by atoms with E-state index in [0.717, 1.165) is 23.7 Å². The minimum atomic E-state index is -1.56. The second kappa shape index (κ2) is 13.6. The molecule has 0 radical (unpaired) electrons. The van der Waals surface area contributed by atoms with Gasteiger partial charge in [-0.15, -0.1) is 12.4 Å². The molecule has 1 N–H and O–H groups in total. The lowest BCUT2D eigenvalue weighted by atomic mass is 9.81. The van der Waals surface area contributed by atoms with Gasteiger partial charge in [0.2, 0.25) is 0 Å². The normalized spacial score (nSPS) is 17.6. The molecule has 2 saturated heterocycles. The highest BCUT2D eigenvalue weighted by Crippen LogP contribution is 2.43. The molecule has 9 nitrogen and oxygen atoms in total. The lowest BCUT2D eigenvalue weighted by molar-refractivity contribution is -0.145. The maximum Gasteiger partial charge on any atom is 0.328 e. The van der Waals surface area contributed by atoms with Crippen molar-refractivity contribution in [3.05, 3.63) is 101 Å². The summed E-state index contributed by atoms with van der Waals surface area (Å²) in [7, 11) is 1.21. The van der Waals surface area contributed by atoms with Crippen LogP contribution in [0.1, 0.15) is 11.1 Å². The number of hydrogen-bond donors (Lipinski definition) is 1. The summed E-state index contributed by atoms with van der Waals surface area (Å²) in [5.74, 6) is -1.27. The zero-order valence-corrected chi connectivity index (χ0v) is 24.8. The molecular formula is C31H34Cl2N4O5. The van der Waals surface area contributed by atoms with Gasteiger partial charge in [-0.1, -0.05) is 84.4 Å². The molecular weight excluding hydrogens is 579 g/mol. The number of nitrogens with zero attached hydrogens (tertiary/aromatic N) is 4. The van der Waals surface area contributed by atoms with Gasteiger partial charge in [-0.2, -0.15) is 0 Å².